The fourth-order valence-electron chi connectivity index (χ4n) is 4.06. The Morgan fingerprint density at radius 2 is 1.50 bits per heavy atom. The molecule has 1 heterocycles. The van der Waals surface area contributed by atoms with Crippen molar-refractivity contribution in [2.24, 2.45) is 0 Å². The normalized spacial score (nSPS) is 15.4. The van der Waals surface area contributed by atoms with E-state index in [0.717, 1.165) is 29.5 Å². The van der Waals surface area contributed by atoms with Crippen molar-refractivity contribution in [2.75, 3.05) is 13.1 Å². The summed E-state index contributed by atoms with van der Waals surface area (Å²) in [4.78, 5) is 13.5. The lowest BCUT2D eigenvalue weighted by molar-refractivity contribution is 0.0942. The number of carbonyl (C=O) groups is 1. The van der Waals surface area contributed by atoms with Gasteiger partial charge in [-0.25, -0.2) is 8.42 Å². The molecule has 3 aromatic carbocycles. The molecule has 3 aromatic rings. The predicted molar refractivity (Wildman–Crippen MR) is 126 cm³/mol. The second-order valence-electron chi connectivity index (χ2n) is 8.32. The van der Waals surface area contributed by atoms with Crippen LogP contribution in [0, 0.1) is 13.8 Å². The molecular weight excluding hydrogens is 420 g/mol. The lowest BCUT2D eigenvalue weighted by Gasteiger charge is -2.21. The Labute approximate surface area is 190 Å². The van der Waals surface area contributed by atoms with Crippen LogP contribution in [0.5, 0.6) is 0 Å². The van der Waals surface area contributed by atoms with Gasteiger partial charge in [-0.1, -0.05) is 66.2 Å². The minimum atomic E-state index is -3.61. The lowest BCUT2D eigenvalue weighted by atomic mass is 9.97. The highest BCUT2D eigenvalue weighted by molar-refractivity contribution is 7.89. The van der Waals surface area contributed by atoms with Crippen molar-refractivity contribution in [1.82, 2.24) is 9.62 Å². The Hall–Kier alpha value is -2.96. The zero-order chi connectivity index (χ0) is 22.7. The van der Waals surface area contributed by atoms with Crippen LogP contribution in [-0.4, -0.2) is 31.7 Å². The number of hydrogen-bond donors (Lipinski definition) is 1. The molecule has 1 saturated heterocycles. The zero-order valence-electron chi connectivity index (χ0n) is 18.4. The first kappa shape index (κ1) is 22.2. The van der Waals surface area contributed by atoms with E-state index in [9.17, 15) is 13.2 Å². The number of rotatable bonds is 6. The molecule has 6 heteroatoms. The Bertz CT molecular complexity index is 1200. The molecule has 1 aliphatic rings. The highest BCUT2D eigenvalue weighted by Gasteiger charge is 2.29. The Morgan fingerprint density at radius 3 is 2.16 bits per heavy atom. The maximum Gasteiger partial charge on any atom is 0.252 e. The maximum atomic E-state index is 13.3. The van der Waals surface area contributed by atoms with Crippen LogP contribution in [-0.2, 0) is 10.0 Å². The topological polar surface area (TPSA) is 66.5 Å². The number of benzene rings is 3. The molecule has 0 spiro atoms. The molecule has 4 rings (SSSR count). The number of amides is 1. The minimum Gasteiger partial charge on any atom is -0.341 e. The molecule has 0 saturated carbocycles. The Kier molecular flexibility index (Phi) is 6.44. The predicted octanol–water partition coefficient (Wildman–Crippen LogP) is 4.61. The van der Waals surface area contributed by atoms with Gasteiger partial charge >= 0.3 is 0 Å². The van der Waals surface area contributed by atoms with E-state index in [2.05, 4.69) is 5.32 Å². The van der Waals surface area contributed by atoms with E-state index in [1.807, 2.05) is 61.5 Å². The standard InChI is InChI=1S/C26H28N2O3S/c1-19-10-13-22(14-11-19)25(21-8-4-3-5-9-21)27-26(29)23-15-12-20(2)24(18-23)32(30,31)28-16-6-7-17-28/h3-5,8-15,18,25H,6-7,16-17H2,1-2H3,(H,27,29)/t25-/m0/s1. The Morgan fingerprint density at radius 1 is 0.875 bits per heavy atom. The van der Waals surface area contributed by atoms with Crippen molar-refractivity contribution in [2.45, 2.75) is 37.6 Å². The van der Waals surface area contributed by atoms with Crippen LogP contribution < -0.4 is 5.32 Å². The largest absolute Gasteiger partial charge is 0.341 e. The number of nitrogens with zero attached hydrogens (tertiary/aromatic N) is 1. The molecule has 1 aliphatic heterocycles. The summed E-state index contributed by atoms with van der Waals surface area (Å²) in [5, 5.41) is 3.11. The maximum absolute atomic E-state index is 13.3. The molecule has 0 aromatic heterocycles. The molecule has 0 radical (unpaired) electrons. The van der Waals surface area contributed by atoms with Gasteiger partial charge in [0, 0.05) is 18.7 Å². The number of nitrogens with one attached hydrogen (secondary N) is 1. The van der Waals surface area contributed by atoms with Gasteiger partial charge in [0.05, 0.1) is 10.9 Å². The van der Waals surface area contributed by atoms with Crippen molar-refractivity contribution < 1.29 is 13.2 Å². The minimum absolute atomic E-state index is 0.207. The molecule has 1 atom stereocenters. The fraction of sp³-hybridized carbons (Fsp3) is 0.269. The summed E-state index contributed by atoms with van der Waals surface area (Å²) in [7, 11) is -3.61. The quantitative estimate of drug-likeness (QED) is 0.599. The van der Waals surface area contributed by atoms with Crippen LogP contribution in [0.4, 0.5) is 0 Å². The average Bonchev–Trinajstić information content (AvgIpc) is 3.35. The van der Waals surface area contributed by atoms with Crippen LogP contribution in [0.1, 0.15) is 51.5 Å². The van der Waals surface area contributed by atoms with Gasteiger partial charge in [0.15, 0.2) is 0 Å². The average molecular weight is 449 g/mol. The van der Waals surface area contributed by atoms with Crippen molar-refractivity contribution in [3.8, 4) is 0 Å². The molecule has 5 nitrogen and oxygen atoms in total. The summed E-state index contributed by atoms with van der Waals surface area (Å²) >= 11 is 0. The van der Waals surface area contributed by atoms with Gasteiger partial charge in [0.1, 0.15) is 0 Å². The summed E-state index contributed by atoms with van der Waals surface area (Å²) in [6.45, 7) is 4.85. The number of aryl methyl sites for hydroxylation is 2. The van der Waals surface area contributed by atoms with Crippen molar-refractivity contribution in [1.29, 1.82) is 0 Å². The monoisotopic (exact) mass is 448 g/mol. The molecule has 1 N–H and O–H groups in total. The summed E-state index contributed by atoms with van der Waals surface area (Å²) in [5.74, 6) is -0.308. The zero-order valence-corrected chi connectivity index (χ0v) is 19.2. The van der Waals surface area contributed by atoms with Crippen LogP contribution in [0.2, 0.25) is 0 Å². The van der Waals surface area contributed by atoms with Crippen molar-refractivity contribution in [3.63, 3.8) is 0 Å². The van der Waals surface area contributed by atoms with Gasteiger partial charge in [-0.05, 0) is 55.5 Å². The van der Waals surface area contributed by atoms with Crippen LogP contribution in [0.15, 0.2) is 77.7 Å². The van der Waals surface area contributed by atoms with Crippen LogP contribution in [0.25, 0.3) is 0 Å². The van der Waals surface area contributed by atoms with Gasteiger partial charge in [0.25, 0.3) is 5.91 Å². The molecule has 1 fully saturated rings. The summed E-state index contributed by atoms with van der Waals surface area (Å²) in [5.41, 5.74) is 4.05. The highest BCUT2D eigenvalue weighted by Crippen LogP contribution is 2.26. The number of sulfonamides is 1. The Balaban J connectivity index is 1.66. The van der Waals surface area contributed by atoms with Gasteiger partial charge in [-0.3, -0.25) is 4.79 Å². The molecule has 1 amide bonds. The fourth-order valence-corrected chi connectivity index (χ4v) is 5.83. The van der Waals surface area contributed by atoms with Gasteiger partial charge in [-0.2, -0.15) is 4.31 Å². The van der Waals surface area contributed by atoms with Crippen molar-refractivity contribution in [3.05, 3.63) is 101 Å². The summed E-state index contributed by atoms with van der Waals surface area (Å²) in [6.07, 6.45) is 1.74. The van der Waals surface area contributed by atoms with Gasteiger partial charge in [0.2, 0.25) is 10.0 Å². The third-order valence-electron chi connectivity index (χ3n) is 5.95. The molecule has 32 heavy (non-hydrogen) atoms. The van der Waals surface area contributed by atoms with Gasteiger partial charge < -0.3 is 5.32 Å². The van der Waals surface area contributed by atoms with Crippen LogP contribution in [0.3, 0.4) is 0 Å². The summed E-state index contributed by atoms with van der Waals surface area (Å²) in [6, 6.07) is 22.4. The first-order valence-corrected chi connectivity index (χ1v) is 12.3. The SMILES string of the molecule is Cc1ccc([C@@H](NC(=O)c2ccc(C)c(S(=O)(=O)N3CCCC3)c2)c2ccccc2)cc1. The van der Waals surface area contributed by atoms with Gasteiger partial charge in [-0.15, -0.1) is 0 Å². The van der Waals surface area contributed by atoms with E-state index < -0.39 is 10.0 Å². The third-order valence-corrected chi connectivity index (χ3v) is 7.99. The smallest absolute Gasteiger partial charge is 0.252 e. The van der Waals surface area contributed by atoms with Crippen LogP contribution >= 0.6 is 0 Å². The number of hydrogen-bond acceptors (Lipinski definition) is 3. The summed E-state index contributed by atoms with van der Waals surface area (Å²) < 4.78 is 27.8. The van der Waals surface area contributed by atoms with E-state index in [4.69, 9.17) is 0 Å². The highest BCUT2D eigenvalue weighted by atomic mass is 32.2. The van der Waals surface area contributed by atoms with E-state index in [-0.39, 0.29) is 16.8 Å². The number of carbonyl (C=O) groups excluding carboxylic acids is 1. The van der Waals surface area contributed by atoms with E-state index in [1.54, 1.807) is 19.1 Å². The second-order valence-corrected chi connectivity index (χ2v) is 10.2. The van der Waals surface area contributed by atoms with E-state index in [0.29, 0.717) is 24.2 Å². The molecule has 166 valence electrons. The first-order chi connectivity index (χ1) is 15.4. The lowest BCUT2D eigenvalue weighted by Crippen LogP contribution is -2.31. The third kappa shape index (κ3) is 4.61. The van der Waals surface area contributed by atoms with E-state index in [1.165, 1.54) is 10.4 Å². The van der Waals surface area contributed by atoms with Crippen molar-refractivity contribution >= 4 is 15.9 Å². The molecule has 0 unspecified atom stereocenters. The first-order valence-electron chi connectivity index (χ1n) is 10.9. The molecule has 0 bridgehead atoms. The van der Waals surface area contributed by atoms with E-state index >= 15 is 0 Å². The molecular formula is C26H28N2O3S. The second kappa shape index (κ2) is 9.27. The molecule has 0 aliphatic carbocycles.